The van der Waals surface area contributed by atoms with Gasteiger partial charge in [-0.1, -0.05) is 0 Å². The molecule has 0 spiro atoms. The number of rotatable bonds is 12. The van der Waals surface area contributed by atoms with Crippen LogP contribution in [0.4, 0.5) is 0 Å². The van der Waals surface area contributed by atoms with Crippen LogP contribution >= 0.6 is 0 Å². The van der Waals surface area contributed by atoms with Crippen LogP contribution in [0.1, 0.15) is 63.7 Å². The summed E-state index contributed by atoms with van der Waals surface area (Å²) in [5, 5.41) is 0. The van der Waals surface area contributed by atoms with Crippen molar-refractivity contribution in [2.75, 3.05) is 6.61 Å². The third-order valence-corrected chi connectivity index (χ3v) is 20.2. The molecule has 1 aromatic heterocycles. The Hall–Kier alpha value is -1.30. The summed E-state index contributed by atoms with van der Waals surface area (Å²) >= 11 is -2.75. The molecule has 0 atom stereocenters. The van der Waals surface area contributed by atoms with E-state index < -0.39 is 18.4 Å². The average molecular weight is 492 g/mol. The zero-order valence-corrected chi connectivity index (χ0v) is 21.0. The molecule has 0 N–H and O–H groups in total. The molecule has 1 heterocycles. The molecule has 0 radical (unpaired) electrons. The van der Waals surface area contributed by atoms with Crippen molar-refractivity contribution in [2.24, 2.45) is 0 Å². The number of esters is 1. The number of aryl methyl sites for hydroxylation is 1. The number of carbonyl (C=O) groups is 1. The van der Waals surface area contributed by atoms with E-state index in [0.717, 1.165) is 11.1 Å². The van der Waals surface area contributed by atoms with Gasteiger partial charge in [-0.05, 0) is 0 Å². The summed E-state index contributed by atoms with van der Waals surface area (Å²) in [5.41, 5.74) is 0.713. The van der Waals surface area contributed by atoms with E-state index in [0.29, 0.717) is 12.2 Å². The molecule has 0 amide bonds. The minimum absolute atomic E-state index is 0.194. The Morgan fingerprint density at radius 3 is 2.39 bits per heavy atom. The van der Waals surface area contributed by atoms with E-state index in [9.17, 15) is 4.79 Å². The third-order valence-electron chi connectivity index (χ3n) is 5.60. The van der Waals surface area contributed by atoms with Crippen molar-refractivity contribution in [3.8, 4) is 0 Å². The van der Waals surface area contributed by atoms with Gasteiger partial charge in [-0.2, -0.15) is 0 Å². The summed E-state index contributed by atoms with van der Waals surface area (Å²) in [5.74, 6) is -0.194. The van der Waals surface area contributed by atoms with Crippen molar-refractivity contribution < 1.29 is 14.1 Å². The Labute approximate surface area is 174 Å². The second-order valence-corrected chi connectivity index (χ2v) is 20.4. The van der Waals surface area contributed by atoms with Crippen molar-refractivity contribution in [1.82, 2.24) is 4.57 Å². The molecule has 0 aliphatic rings. The third kappa shape index (κ3) is 6.10. The Morgan fingerprint density at radius 1 is 1.11 bits per heavy atom. The SMILES string of the molecule is CCC[CH2][Sn]([CH2]CCC)([CH2][n+]1ccn(CC)c1)[c]1cccc(C(=O)OCC)c1. The number of imidazole rings is 1. The summed E-state index contributed by atoms with van der Waals surface area (Å²) in [6.07, 6.45) is 11.6. The van der Waals surface area contributed by atoms with Gasteiger partial charge in [-0.15, -0.1) is 0 Å². The van der Waals surface area contributed by atoms with Gasteiger partial charge in [0.1, 0.15) is 0 Å². The number of ether oxygens (including phenoxy) is 1. The topological polar surface area (TPSA) is 35.1 Å². The Balaban J connectivity index is 2.45. The molecule has 2 rings (SSSR count). The molecule has 2 aromatic rings. The molecule has 5 heteroatoms. The van der Waals surface area contributed by atoms with Crippen LogP contribution in [-0.4, -0.2) is 35.5 Å². The maximum absolute atomic E-state index is 12.3. The molecule has 0 saturated heterocycles. The summed E-state index contributed by atoms with van der Waals surface area (Å²) in [6.45, 7) is 10.0. The monoisotopic (exact) mass is 493 g/mol. The van der Waals surface area contributed by atoms with E-state index in [1.165, 1.54) is 38.1 Å². The number of hydrogen-bond acceptors (Lipinski definition) is 2. The van der Waals surface area contributed by atoms with Crippen LogP contribution in [0.25, 0.3) is 0 Å². The van der Waals surface area contributed by atoms with Gasteiger partial charge >= 0.3 is 175 Å². The summed E-state index contributed by atoms with van der Waals surface area (Å²) < 4.78 is 15.2. The van der Waals surface area contributed by atoms with E-state index in [1.54, 1.807) is 0 Å². The van der Waals surface area contributed by atoms with Gasteiger partial charge in [0.05, 0.1) is 0 Å². The quantitative estimate of drug-likeness (QED) is 0.249. The van der Waals surface area contributed by atoms with Gasteiger partial charge in [0.15, 0.2) is 0 Å². The first-order chi connectivity index (χ1) is 13.6. The Morgan fingerprint density at radius 2 is 1.82 bits per heavy atom. The molecule has 154 valence electrons. The number of hydrogen-bond donors (Lipinski definition) is 0. The van der Waals surface area contributed by atoms with Gasteiger partial charge in [-0.3, -0.25) is 0 Å². The molecule has 0 fully saturated rings. The number of nitrogens with zero attached hydrogens (tertiary/aromatic N) is 2. The molecule has 1 aromatic carbocycles. The molecule has 0 saturated carbocycles. The molecule has 0 aliphatic heterocycles. The van der Waals surface area contributed by atoms with Gasteiger partial charge in [0.25, 0.3) is 0 Å². The average Bonchev–Trinajstić information content (AvgIpc) is 3.18. The standard InChI is InChI=1S/C9H9O2.C6H10N2.2C4H9.Sn/c1-2-11-9(10)8-6-4-3-5-7-8;1-3-8-5-4-7(2)6-8;2*1-3-4-2;/h3-4,6-7H,2H2,1H3;4-6H,2-3H2,1H3;2*1,3-4H2,2H3;/q;+1;;;. The molecule has 0 unspecified atom stereocenters. The number of carbonyl (C=O) groups excluding carboxylic acids is 1. The van der Waals surface area contributed by atoms with Crippen LogP contribution in [0.2, 0.25) is 8.87 Å². The predicted octanol–water partition coefficient (Wildman–Crippen LogP) is 4.47. The fraction of sp³-hybridized carbons (Fsp3) is 0.565. The summed E-state index contributed by atoms with van der Waals surface area (Å²) in [7, 11) is 0. The zero-order chi connectivity index (χ0) is 20.4. The minimum atomic E-state index is -2.75. The predicted molar refractivity (Wildman–Crippen MR) is 118 cm³/mol. The van der Waals surface area contributed by atoms with Crippen LogP contribution in [0.5, 0.6) is 0 Å². The number of benzene rings is 1. The van der Waals surface area contributed by atoms with Crippen molar-refractivity contribution in [2.45, 2.75) is 73.4 Å². The van der Waals surface area contributed by atoms with E-state index >= 15 is 0 Å². The van der Waals surface area contributed by atoms with E-state index in [4.69, 9.17) is 4.74 Å². The fourth-order valence-electron chi connectivity index (χ4n) is 3.95. The second kappa shape index (κ2) is 11.6. The van der Waals surface area contributed by atoms with E-state index in [1.807, 2.05) is 13.0 Å². The summed E-state index contributed by atoms with van der Waals surface area (Å²) in [6, 6.07) is 8.42. The van der Waals surface area contributed by atoms with Crippen LogP contribution in [0, 0.1) is 0 Å². The first kappa shape index (κ1) is 23.0. The number of unbranched alkanes of at least 4 members (excludes halogenated alkanes) is 2. The van der Waals surface area contributed by atoms with Crippen LogP contribution in [0.15, 0.2) is 43.0 Å². The Bertz CT molecular complexity index is 734. The van der Waals surface area contributed by atoms with E-state index in [2.05, 4.69) is 66.8 Å². The van der Waals surface area contributed by atoms with Crippen molar-refractivity contribution in [3.63, 3.8) is 0 Å². The van der Waals surface area contributed by atoms with E-state index in [-0.39, 0.29) is 5.97 Å². The fourth-order valence-corrected chi connectivity index (χ4v) is 18.7. The first-order valence-electron chi connectivity index (χ1n) is 10.9. The normalized spacial score (nSPS) is 11.6. The van der Waals surface area contributed by atoms with Gasteiger partial charge < -0.3 is 0 Å². The van der Waals surface area contributed by atoms with Crippen LogP contribution in [-0.2, 0) is 15.8 Å². The van der Waals surface area contributed by atoms with Crippen molar-refractivity contribution in [3.05, 3.63) is 48.5 Å². The van der Waals surface area contributed by atoms with Crippen molar-refractivity contribution >= 4 is 27.9 Å². The van der Waals surface area contributed by atoms with Crippen molar-refractivity contribution in [1.29, 1.82) is 0 Å². The Kier molecular flexibility index (Phi) is 9.55. The first-order valence-corrected chi connectivity index (χ1v) is 18.4. The second-order valence-electron chi connectivity index (χ2n) is 7.71. The maximum atomic E-state index is 12.3. The van der Waals surface area contributed by atoms with Crippen LogP contribution in [0.3, 0.4) is 0 Å². The summed E-state index contributed by atoms with van der Waals surface area (Å²) in [4.78, 5) is 12.3. The molecular weight excluding hydrogens is 455 g/mol. The van der Waals surface area contributed by atoms with Crippen LogP contribution < -0.4 is 8.15 Å². The molecule has 0 bridgehead atoms. The van der Waals surface area contributed by atoms with Gasteiger partial charge in [0, 0.05) is 0 Å². The molecular formula is C23H37N2O2Sn+. The number of aromatic nitrogens is 2. The molecule has 28 heavy (non-hydrogen) atoms. The van der Waals surface area contributed by atoms with Gasteiger partial charge in [-0.25, -0.2) is 0 Å². The molecule has 0 aliphatic carbocycles. The zero-order valence-electron chi connectivity index (χ0n) is 18.1. The van der Waals surface area contributed by atoms with Gasteiger partial charge in [0.2, 0.25) is 0 Å². The molecule has 4 nitrogen and oxygen atoms in total.